The topological polar surface area (TPSA) is 55.1 Å². The van der Waals surface area contributed by atoms with Crippen LogP contribution < -0.4 is 5.32 Å². The average molecular weight is 332 g/mol. The summed E-state index contributed by atoms with van der Waals surface area (Å²) in [6.45, 7) is 8.79. The lowest BCUT2D eigenvalue weighted by molar-refractivity contribution is 0.0950. The van der Waals surface area contributed by atoms with E-state index in [1.165, 1.54) is 0 Å². The van der Waals surface area contributed by atoms with Gasteiger partial charge in [-0.15, -0.1) is 12.6 Å². The number of rotatable bonds is 5. The van der Waals surface area contributed by atoms with Crippen LogP contribution in [-0.4, -0.2) is 17.4 Å². The lowest BCUT2D eigenvalue weighted by Crippen LogP contribution is -2.25. The van der Waals surface area contributed by atoms with Crippen molar-refractivity contribution in [1.29, 1.82) is 0 Å². The number of carbonyl (C=O) groups is 1. The van der Waals surface area contributed by atoms with E-state index >= 15 is 0 Å². The maximum atomic E-state index is 12.1. The number of aromatic nitrogens is 1. The van der Waals surface area contributed by atoms with Crippen LogP contribution in [-0.2, 0) is 11.8 Å². The third-order valence-electron chi connectivity index (χ3n) is 3.55. The number of carbonyl (C=O) groups excluding carboxylic acids is 1. The summed E-state index contributed by atoms with van der Waals surface area (Å²) in [5, 5.41) is 2.92. The van der Waals surface area contributed by atoms with Crippen LogP contribution in [0.25, 0.3) is 0 Å². The van der Waals surface area contributed by atoms with Crippen molar-refractivity contribution in [3.8, 4) is 0 Å². The largest absolute Gasteiger partial charge is 0.445 e. The number of hydrogen-bond donors (Lipinski definition) is 2. The zero-order valence-corrected chi connectivity index (χ0v) is 15.0. The van der Waals surface area contributed by atoms with Crippen LogP contribution in [0.15, 0.2) is 33.6 Å². The SMILES string of the molecule is Cc1nc(C(C)(C)C)oc1CCCNC(=O)c1ccccc1S. The van der Waals surface area contributed by atoms with Crippen molar-refractivity contribution in [2.24, 2.45) is 0 Å². The summed E-state index contributed by atoms with van der Waals surface area (Å²) in [5.41, 5.74) is 1.44. The summed E-state index contributed by atoms with van der Waals surface area (Å²) >= 11 is 4.30. The maximum absolute atomic E-state index is 12.1. The normalized spacial score (nSPS) is 11.5. The van der Waals surface area contributed by atoms with Gasteiger partial charge in [0.15, 0.2) is 5.89 Å². The first-order chi connectivity index (χ1) is 10.8. The van der Waals surface area contributed by atoms with Crippen LogP contribution in [0.3, 0.4) is 0 Å². The Morgan fingerprint density at radius 1 is 1.30 bits per heavy atom. The minimum atomic E-state index is -0.0970. The number of nitrogens with zero attached hydrogens (tertiary/aromatic N) is 1. The molecule has 0 atom stereocenters. The van der Waals surface area contributed by atoms with E-state index in [0.717, 1.165) is 30.2 Å². The second kappa shape index (κ2) is 7.21. The zero-order valence-electron chi connectivity index (χ0n) is 14.1. The molecule has 0 bridgehead atoms. The van der Waals surface area contributed by atoms with E-state index < -0.39 is 0 Å². The summed E-state index contributed by atoms with van der Waals surface area (Å²) in [7, 11) is 0. The fourth-order valence-corrected chi connectivity index (χ4v) is 2.45. The van der Waals surface area contributed by atoms with E-state index in [4.69, 9.17) is 4.42 Å². The lowest BCUT2D eigenvalue weighted by atomic mass is 9.97. The van der Waals surface area contributed by atoms with Crippen molar-refractivity contribution in [2.45, 2.75) is 50.8 Å². The Bertz CT molecular complexity index is 687. The van der Waals surface area contributed by atoms with Crippen LogP contribution in [0.5, 0.6) is 0 Å². The Balaban J connectivity index is 1.85. The molecule has 1 N–H and O–H groups in total. The Labute approximate surface area is 143 Å². The summed E-state index contributed by atoms with van der Waals surface area (Å²) in [6.07, 6.45) is 1.57. The molecule has 0 aliphatic carbocycles. The van der Waals surface area contributed by atoms with E-state index in [9.17, 15) is 4.79 Å². The van der Waals surface area contributed by atoms with E-state index in [2.05, 4.69) is 43.7 Å². The van der Waals surface area contributed by atoms with Gasteiger partial charge in [0.25, 0.3) is 5.91 Å². The molecule has 1 aromatic heterocycles. The fraction of sp³-hybridized carbons (Fsp3) is 0.444. The molecule has 1 amide bonds. The first kappa shape index (κ1) is 17.6. The van der Waals surface area contributed by atoms with Gasteiger partial charge in [-0.3, -0.25) is 4.79 Å². The number of benzene rings is 1. The van der Waals surface area contributed by atoms with Gasteiger partial charge in [-0.05, 0) is 25.5 Å². The van der Waals surface area contributed by atoms with Crippen LogP contribution in [0, 0.1) is 6.92 Å². The Morgan fingerprint density at radius 2 is 2.00 bits per heavy atom. The summed E-state index contributed by atoms with van der Waals surface area (Å²) < 4.78 is 5.85. The second-order valence-electron chi connectivity index (χ2n) is 6.65. The number of oxazole rings is 1. The number of amides is 1. The molecule has 1 heterocycles. The number of aryl methyl sites for hydroxylation is 2. The molecule has 5 heteroatoms. The van der Waals surface area contributed by atoms with Gasteiger partial charge in [-0.2, -0.15) is 0 Å². The summed E-state index contributed by atoms with van der Waals surface area (Å²) in [4.78, 5) is 17.3. The van der Waals surface area contributed by atoms with Crippen molar-refractivity contribution < 1.29 is 9.21 Å². The molecule has 2 rings (SSSR count). The van der Waals surface area contributed by atoms with Crippen LogP contribution in [0.2, 0.25) is 0 Å². The molecule has 0 saturated heterocycles. The van der Waals surface area contributed by atoms with Gasteiger partial charge < -0.3 is 9.73 Å². The average Bonchev–Trinajstić information content (AvgIpc) is 2.85. The van der Waals surface area contributed by atoms with Gasteiger partial charge in [0.2, 0.25) is 0 Å². The minimum absolute atomic E-state index is 0.0898. The van der Waals surface area contributed by atoms with Crippen LogP contribution >= 0.6 is 12.6 Å². The first-order valence-corrected chi connectivity index (χ1v) is 8.26. The van der Waals surface area contributed by atoms with Gasteiger partial charge >= 0.3 is 0 Å². The predicted molar refractivity (Wildman–Crippen MR) is 94.3 cm³/mol. The lowest BCUT2D eigenvalue weighted by Gasteiger charge is -2.12. The van der Waals surface area contributed by atoms with E-state index in [1.54, 1.807) is 6.07 Å². The first-order valence-electron chi connectivity index (χ1n) is 7.82. The molecule has 0 saturated carbocycles. The molecular formula is C18H24N2O2S. The van der Waals surface area contributed by atoms with Crippen molar-refractivity contribution >= 4 is 18.5 Å². The van der Waals surface area contributed by atoms with Gasteiger partial charge in [-0.1, -0.05) is 32.9 Å². The highest BCUT2D eigenvalue weighted by molar-refractivity contribution is 7.80. The summed E-state index contributed by atoms with van der Waals surface area (Å²) in [5.74, 6) is 1.57. The van der Waals surface area contributed by atoms with Crippen molar-refractivity contribution in [2.75, 3.05) is 6.54 Å². The van der Waals surface area contributed by atoms with Gasteiger partial charge in [0.05, 0.1) is 11.3 Å². The quantitative estimate of drug-likeness (QED) is 0.644. The molecule has 0 unspecified atom stereocenters. The smallest absolute Gasteiger partial charge is 0.252 e. The molecule has 124 valence electrons. The fourth-order valence-electron chi connectivity index (χ4n) is 2.19. The second-order valence-corrected chi connectivity index (χ2v) is 7.14. The monoisotopic (exact) mass is 332 g/mol. The molecule has 1 aromatic carbocycles. The van der Waals surface area contributed by atoms with Crippen LogP contribution in [0.4, 0.5) is 0 Å². The highest BCUT2D eigenvalue weighted by Crippen LogP contribution is 2.24. The van der Waals surface area contributed by atoms with Crippen molar-refractivity contribution in [3.05, 3.63) is 47.2 Å². The molecule has 4 nitrogen and oxygen atoms in total. The van der Waals surface area contributed by atoms with Gasteiger partial charge in [0.1, 0.15) is 5.76 Å². The maximum Gasteiger partial charge on any atom is 0.252 e. The molecule has 23 heavy (non-hydrogen) atoms. The van der Waals surface area contributed by atoms with E-state index in [1.807, 2.05) is 25.1 Å². The molecule has 0 radical (unpaired) electrons. The van der Waals surface area contributed by atoms with Gasteiger partial charge in [0, 0.05) is 23.3 Å². The number of nitrogens with one attached hydrogen (secondary N) is 1. The molecule has 0 aliphatic rings. The minimum Gasteiger partial charge on any atom is -0.445 e. The molecule has 0 aliphatic heterocycles. The third kappa shape index (κ3) is 4.61. The van der Waals surface area contributed by atoms with E-state index in [0.29, 0.717) is 17.0 Å². The molecule has 2 aromatic rings. The third-order valence-corrected chi connectivity index (χ3v) is 3.94. The zero-order chi connectivity index (χ0) is 17.0. The Morgan fingerprint density at radius 3 is 2.61 bits per heavy atom. The molecule has 0 fully saturated rings. The summed E-state index contributed by atoms with van der Waals surface area (Å²) in [6, 6.07) is 7.27. The number of thiol groups is 1. The standard InChI is InChI=1S/C18H24N2O2S/c1-12-14(22-17(20-12)18(2,3)4)9-7-11-19-16(21)13-8-5-6-10-15(13)23/h5-6,8,10,23H,7,9,11H2,1-4H3,(H,19,21). The molecule has 0 spiro atoms. The van der Waals surface area contributed by atoms with E-state index in [-0.39, 0.29) is 11.3 Å². The highest BCUT2D eigenvalue weighted by atomic mass is 32.1. The Hall–Kier alpha value is -1.75. The predicted octanol–water partition coefficient (Wildman–Crippen LogP) is 3.93. The van der Waals surface area contributed by atoms with Crippen molar-refractivity contribution in [1.82, 2.24) is 10.3 Å². The van der Waals surface area contributed by atoms with Crippen LogP contribution in [0.1, 0.15) is 54.9 Å². The van der Waals surface area contributed by atoms with Gasteiger partial charge in [-0.25, -0.2) is 4.98 Å². The Kier molecular flexibility index (Phi) is 5.52. The number of hydrogen-bond acceptors (Lipinski definition) is 4. The highest BCUT2D eigenvalue weighted by Gasteiger charge is 2.22. The van der Waals surface area contributed by atoms with Crippen molar-refractivity contribution in [3.63, 3.8) is 0 Å². The molecular weight excluding hydrogens is 308 g/mol.